The largest absolute Gasteiger partial charge is 0.497 e. The topological polar surface area (TPSA) is 43.4 Å². The maximum Gasteiger partial charge on any atom is 0.203 e. The molecule has 1 heterocycles. The summed E-state index contributed by atoms with van der Waals surface area (Å²) >= 11 is 0. The van der Waals surface area contributed by atoms with Gasteiger partial charge in [-0.15, -0.1) is 0 Å². The Bertz CT molecular complexity index is 1080. The van der Waals surface area contributed by atoms with Crippen LogP contribution in [0.3, 0.4) is 0 Å². The van der Waals surface area contributed by atoms with Crippen LogP contribution >= 0.6 is 0 Å². The number of hydrogen-bond acceptors (Lipinski definition) is 6. The zero-order valence-corrected chi connectivity index (χ0v) is 20.5. The monoisotopic (exact) mass is 462 g/mol. The molecule has 6 heteroatoms. The van der Waals surface area contributed by atoms with E-state index in [-0.39, 0.29) is 0 Å². The normalized spacial score (nSPS) is 14.6. The van der Waals surface area contributed by atoms with Crippen LogP contribution in [0.4, 0.5) is 0 Å². The van der Waals surface area contributed by atoms with E-state index in [0.29, 0.717) is 11.5 Å². The molecule has 0 radical (unpaired) electrons. The van der Waals surface area contributed by atoms with Crippen molar-refractivity contribution in [2.45, 2.75) is 13.1 Å². The van der Waals surface area contributed by atoms with E-state index in [0.717, 1.165) is 56.3 Å². The average molecular weight is 463 g/mol. The van der Waals surface area contributed by atoms with E-state index in [2.05, 4.69) is 52.3 Å². The molecule has 1 saturated heterocycles. The second-order valence-electron chi connectivity index (χ2n) is 8.47. The van der Waals surface area contributed by atoms with Gasteiger partial charge in [-0.2, -0.15) is 0 Å². The van der Waals surface area contributed by atoms with Gasteiger partial charge in [0.15, 0.2) is 11.5 Å². The average Bonchev–Trinajstić information content (AvgIpc) is 2.89. The molecule has 0 spiro atoms. The minimum atomic E-state index is 0.651. The van der Waals surface area contributed by atoms with Gasteiger partial charge in [-0.1, -0.05) is 36.4 Å². The number of hydrogen-bond donors (Lipinski definition) is 0. The summed E-state index contributed by atoms with van der Waals surface area (Å²) in [5, 5.41) is 0. The van der Waals surface area contributed by atoms with Gasteiger partial charge in [-0.25, -0.2) is 0 Å². The highest BCUT2D eigenvalue weighted by Crippen LogP contribution is 2.40. The Kier molecular flexibility index (Phi) is 7.93. The maximum absolute atomic E-state index is 5.66. The minimum Gasteiger partial charge on any atom is -0.497 e. The SMILES string of the molecule is COc1ccc(-c2cccc(CN3CCN(Cc4ccc(OC)c(OC)c4OC)CC3)c2)cc1. The summed E-state index contributed by atoms with van der Waals surface area (Å²) in [5.74, 6) is 2.96. The predicted molar refractivity (Wildman–Crippen MR) is 135 cm³/mol. The molecular weight excluding hydrogens is 428 g/mol. The Morgan fingerprint density at radius 2 is 1.29 bits per heavy atom. The van der Waals surface area contributed by atoms with Crippen LogP contribution < -0.4 is 18.9 Å². The number of ether oxygens (including phenoxy) is 4. The summed E-state index contributed by atoms with van der Waals surface area (Å²) in [6.45, 7) is 5.86. The van der Waals surface area contributed by atoms with Gasteiger partial charge in [0.25, 0.3) is 0 Å². The highest BCUT2D eigenvalue weighted by atomic mass is 16.5. The molecule has 0 atom stereocenters. The van der Waals surface area contributed by atoms with Gasteiger partial charge in [-0.3, -0.25) is 9.80 Å². The number of rotatable bonds is 9. The fraction of sp³-hybridized carbons (Fsp3) is 0.357. The summed E-state index contributed by atoms with van der Waals surface area (Å²) in [6, 6.07) is 21.1. The van der Waals surface area contributed by atoms with Crippen LogP contribution in [0.5, 0.6) is 23.0 Å². The van der Waals surface area contributed by atoms with Gasteiger partial charge in [0.1, 0.15) is 5.75 Å². The molecule has 6 nitrogen and oxygen atoms in total. The fourth-order valence-corrected chi connectivity index (χ4v) is 4.53. The molecule has 1 aliphatic rings. The highest BCUT2D eigenvalue weighted by molar-refractivity contribution is 5.65. The minimum absolute atomic E-state index is 0.651. The summed E-state index contributed by atoms with van der Waals surface area (Å²) in [5.41, 5.74) is 4.89. The van der Waals surface area contributed by atoms with Crippen LogP contribution in [0.15, 0.2) is 60.7 Å². The molecule has 0 aromatic heterocycles. The molecule has 1 fully saturated rings. The molecule has 0 saturated carbocycles. The van der Waals surface area contributed by atoms with Gasteiger partial charge in [-0.05, 0) is 41.0 Å². The second-order valence-corrected chi connectivity index (χ2v) is 8.47. The van der Waals surface area contributed by atoms with Crippen LogP contribution in [-0.4, -0.2) is 64.4 Å². The molecule has 180 valence electrons. The van der Waals surface area contributed by atoms with Crippen molar-refractivity contribution in [1.82, 2.24) is 9.80 Å². The van der Waals surface area contributed by atoms with Gasteiger partial charge < -0.3 is 18.9 Å². The lowest BCUT2D eigenvalue weighted by Gasteiger charge is -2.35. The first kappa shape index (κ1) is 23.9. The molecule has 34 heavy (non-hydrogen) atoms. The van der Waals surface area contributed by atoms with Gasteiger partial charge in [0.2, 0.25) is 5.75 Å². The third-order valence-electron chi connectivity index (χ3n) is 6.40. The Labute approximate surface area is 202 Å². The van der Waals surface area contributed by atoms with Crippen LogP contribution in [0.25, 0.3) is 11.1 Å². The molecule has 4 rings (SSSR count). The smallest absolute Gasteiger partial charge is 0.203 e. The zero-order valence-electron chi connectivity index (χ0n) is 20.5. The molecule has 0 N–H and O–H groups in total. The van der Waals surface area contributed by atoms with Crippen molar-refractivity contribution in [3.05, 3.63) is 71.8 Å². The number of methoxy groups -OCH3 is 4. The number of benzene rings is 3. The molecule has 0 bridgehead atoms. The first-order valence-corrected chi connectivity index (χ1v) is 11.6. The first-order chi connectivity index (χ1) is 16.6. The van der Waals surface area contributed by atoms with E-state index in [4.69, 9.17) is 18.9 Å². The van der Waals surface area contributed by atoms with Gasteiger partial charge in [0.05, 0.1) is 28.4 Å². The Hall–Kier alpha value is -3.22. The van der Waals surface area contributed by atoms with E-state index in [1.165, 1.54) is 16.7 Å². The third-order valence-corrected chi connectivity index (χ3v) is 6.40. The highest BCUT2D eigenvalue weighted by Gasteiger charge is 2.21. The van der Waals surface area contributed by atoms with Crippen molar-refractivity contribution < 1.29 is 18.9 Å². The number of nitrogens with zero attached hydrogens (tertiary/aromatic N) is 2. The first-order valence-electron chi connectivity index (χ1n) is 11.6. The molecule has 0 unspecified atom stereocenters. The van der Waals surface area contributed by atoms with Crippen molar-refractivity contribution >= 4 is 0 Å². The van der Waals surface area contributed by atoms with E-state index in [1.807, 2.05) is 18.2 Å². The van der Waals surface area contributed by atoms with E-state index >= 15 is 0 Å². The molecule has 0 aliphatic carbocycles. The molecule has 3 aromatic rings. The lowest BCUT2D eigenvalue weighted by Crippen LogP contribution is -2.45. The van der Waals surface area contributed by atoms with Crippen molar-refractivity contribution in [1.29, 1.82) is 0 Å². The summed E-state index contributed by atoms with van der Waals surface area (Å²) in [6.07, 6.45) is 0. The van der Waals surface area contributed by atoms with Crippen LogP contribution in [0.2, 0.25) is 0 Å². The summed E-state index contributed by atoms with van der Waals surface area (Å²) in [4.78, 5) is 4.99. The Balaban J connectivity index is 1.36. The Morgan fingerprint density at radius 1 is 0.618 bits per heavy atom. The number of piperazine rings is 1. The van der Waals surface area contributed by atoms with Crippen molar-refractivity contribution in [3.63, 3.8) is 0 Å². The molecule has 0 amide bonds. The molecule has 3 aromatic carbocycles. The maximum atomic E-state index is 5.66. The lowest BCUT2D eigenvalue weighted by atomic mass is 10.0. The summed E-state index contributed by atoms with van der Waals surface area (Å²) in [7, 11) is 6.66. The fourth-order valence-electron chi connectivity index (χ4n) is 4.53. The predicted octanol–water partition coefficient (Wildman–Crippen LogP) is 4.71. The summed E-state index contributed by atoms with van der Waals surface area (Å²) < 4.78 is 21.9. The van der Waals surface area contributed by atoms with Gasteiger partial charge in [0, 0.05) is 44.8 Å². The quantitative estimate of drug-likeness (QED) is 0.459. The van der Waals surface area contributed by atoms with E-state index in [1.54, 1.807) is 28.4 Å². The van der Waals surface area contributed by atoms with Crippen LogP contribution in [0, 0.1) is 0 Å². The molecular formula is C28H34N2O4. The van der Waals surface area contributed by atoms with Gasteiger partial charge >= 0.3 is 0 Å². The van der Waals surface area contributed by atoms with E-state index < -0.39 is 0 Å². The Morgan fingerprint density at radius 3 is 1.91 bits per heavy atom. The van der Waals surface area contributed by atoms with Crippen molar-refractivity contribution in [2.24, 2.45) is 0 Å². The zero-order chi connectivity index (χ0) is 23.9. The van der Waals surface area contributed by atoms with E-state index in [9.17, 15) is 0 Å². The third kappa shape index (κ3) is 5.46. The second kappa shape index (κ2) is 11.3. The van der Waals surface area contributed by atoms with Crippen molar-refractivity contribution in [2.75, 3.05) is 54.6 Å². The lowest BCUT2D eigenvalue weighted by molar-refractivity contribution is 0.121. The standard InChI is InChI=1S/C28H34N2O4/c1-31-25-11-8-22(9-12-25)23-7-5-6-21(18-23)19-29-14-16-30(17-15-29)20-24-10-13-26(32-2)28(34-4)27(24)33-3/h5-13,18H,14-17,19-20H2,1-4H3. The van der Waals surface area contributed by atoms with Crippen LogP contribution in [-0.2, 0) is 13.1 Å². The van der Waals surface area contributed by atoms with Crippen LogP contribution in [0.1, 0.15) is 11.1 Å². The van der Waals surface area contributed by atoms with Crippen molar-refractivity contribution in [3.8, 4) is 34.1 Å². The molecule has 1 aliphatic heterocycles.